The van der Waals surface area contributed by atoms with Gasteiger partial charge in [-0.05, 0) is 37.5 Å². The Morgan fingerprint density at radius 2 is 1.63 bits per heavy atom. The van der Waals surface area contributed by atoms with Crippen molar-refractivity contribution in [1.29, 1.82) is 0 Å². The van der Waals surface area contributed by atoms with Gasteiger partial charge >= 0.3 is 0 Å². The third-order valence-electron chi connectivity index (χ3n) is 4.14. The summed E-state index contributed by atoms with van der Waals surface area (Å²) in [6.07, 6.45) is 3.91. The standard InChI is InChI=1S/C15H23N3O/c19-15-5-4-13(17-8-2-1-3-9-17)12-14(15)18-10-6-16-7-11-18/h4-5,12,16,19H,1-3,6-11H2. The number of aromatic hydroxyl groups is 1. The predicted octanol–water partition coefficient (Wildman–Crippen LogP) is 1.79. The van der Waals surface area contributed by atoms with E-state index in [1.165, 1.54) is 24.9 Å². The van der Waals surface area contributed by atoms with E-state index >= 15 is 0 Å². The van der Waals surface area contributed by atoms with Crippen LogP contribution in [0.3, 0.4) is 0 Å². The maximum atomic E-state index is 10.1. The molecule has 104 valence electrons. The summed E-state index contributed by atoms with van der Waals surface area (Å²) in [7, 11) is 0. The largest absolute Gasteiger partial charge is 0.506 e. The third-order valence-corrected chi connectivity index (χ3v) is 4.14. The fourth-order valence-corrected chi connectivity index (χ4v) is 3.02. The van der Waals surface area contributed by atoms with Gasteiger partial charge in [-0.25, -0.2) is 0 Å². The minimum Gasteiger partial charge on any atom is -0.506 e. The lowest BCUT2D eigenvalue weighted by Gasteiger charge is -2.33. The van der Waals surface area contributed by atoms with Crippen molar-refractivity contribution in [3.8, 4) is 5.75 Å². The molecule has 2 aliphatic heterocycles. The summed E-state index contributed by atoms with van der Waals surface area (Å²) in [5.74, 6) is 0.405. The molecule has 0 aromatic heterocycles. The van der Waals surface area contributed by atoms with E-state index in [-0.39, 0.29) is 0 Å². The van der Waals surface area contributed by atoms with E-state index in [9.17, 15) is 5.11 Å². The van der Waals surface area contributed by atoms with Crippen LogP contribution in [0.1, 0.15) is 19.3 Å². The summed E-state index contributed by atoms with van der Waals surface area (Å²) in [4.78, 5) is 4.72. The number of benzene rings is 1. The molecule has 2 aliphatic rings. The zero-order chi connectivity index (χ0) is 13.1. The molecule has 1 aromatic carbocycles. The van der Waals surface area contributed by atoms with E-state index in [1.54, 1.807) is 0 Å². The quantitative estimate of drug-likeness (QED) is 0.851. The lowest BCUT2D eigenvalue weighted by atomic mass is 10.1. The van der Waals surface area contributed by atoms with E-state index in [2.05, 4.69) is 21.2 Å². The van der Waals surface area contributed by atoms with Gasteiger partial charge in [0.2, 0.25) is 0 Å². The molecule has 19 heavy (non-hydrogen) atoms. The van der Waals surface area contributed by atoms with Crippen LogP contribution in [0.2, 0.25) is 0 Å². The summed E-state index contributed by atoms with van der Waals surface area (Å²) >= 11 is 0. The van der Waals surface area contributed by atoms with Gasteiger partial charge in [-0.3, -0.25) is 0 Å². The van der Waals surface area contributed by atoms with Crippen LogP contribution in [-0.2, 0) is 0 Å². The second-order valence-electron chi connectivity index (χ2n) is 5.46. The fraction of sp³-hybridized carbons (Fsp3) is 0.600. The Morgan fingerprint density at radius 1 is 0.895 bits per heavy atom. The number of piperidine rings is 1. The first kappa shape index (κ1) is 12.6. The molecule has 4 heteroatoms. The highest BCUT2D eigenvalue weighted by atomic mass is 16.3. The Balaban J connectivity index is 1.82. The summed E-state index contributed by atoms with van der Waals surface area (Å²) in [5.41, 5.74) is 2.25. The number of rotatable bonds is 2. The molecule has 0 radical (unpaired) electrons. The molecule has 0 bridgehead atoms. The zero-order valence-electron chi connectivity index (χ0n) is 11.4. The lowest BCUT2D eigenvalue weighted by Crippen LogP contribution is -2.43. The summed E-state index contributed by atoms with van der Waals surface area (Å²) in [6.45, 7) is 6.21. The van der Waals surface area contributed by atoms with Crippen LogP contribution in [0.25, 0.3) is 0 Å². The topological polar surface area (TPSA) is 38.7 Å². The summed E-state index contributed by atoms with van der Waals surface area (Å²) in [6, 6.07) is 6.06. The van der Waals surface area contributed by atoms with Gasteiger partial charge < -0.3 is 20.2 Å². The molecule has 2 saturated heterocycles. The molecule has 1 aromatic rings. The van der Waals surface area contributed by atoms with Gasteiger partial charge in [0, 0.05) is 45.0 Å². The molecular weight excluding hydrogens is 238 g/mol. The number of nitrogens with one attached hydrogen (secondary N) is 1. The average molecular weight is 261 g/mol. The number of nitrogens with zero attached hydrogens (tertiary/aromatic N) is 2. The summed E-state index contributed by atoms with van der Waals surface area (Å²) < 4.78 is 0. The van der Waals surface area contributed by atoms with Gasteiger partial charge in [-0.2, -0.15) is 0 Å². The van der Waals surface area contributed by atoms with E-state index in [0.717, 1.165) is 45.0 Å². The van der Waals surface area contributed by atoms with Crippen LogP contribution in [0.15, 0.2) is 18.2 Å². The Kier molecular flexibility index (Phi) is 3.78. The van der Waals surface area contributed by atoms with Crippen LogP contribution < -0.4 is 15.1 Å². The van der Waals surface area contributed by atoms with Gasteiger partial charge in [0.1, 0.15) is 5.75 Å². The van der Waals surface area contributed by atoms with E-state index in [4.69, 9.17) is 0 Å². The van der Waals surface area contributed by atoms with Crippen LogP contribution in [0.5, 0.6) is 5.75 Å². The van der Waals surface area contributed by atoms with Crippen molar-refractivity contribution in [3.05, 3.63) is 18.2 Å². The van der Waals surface area contributed by atoms with Crippen LogP contribution in [-0.4, -0.2) is 44.4 Å². The van der Waals surface area contributed by atoms with Gasteiger partial charge in [0.25, 0.3) is 0 Å². The number of hydrogen-bond donors (Lipinski definition) is 2. The maximum Gasteiger partial charge on any atom is 0.139 e. The number of hydrogen-bond acceptors (Lipinski definition) is 4. The lowest BCUT2D eigenvalue weighted by molar-refractivity contribution is 0.470. The number of phenolic OH excluding ortho intramolecular Hbond substituents is 1. The highest BCUT2D eigenvalue weighted by Crippen LogP contribution is 2.33. The van der Waals surface area contributed by atoms with Gasteiger partial charge in [0.05, 0.1) is 5.69 Å². The minimum absolute atomic E-state index is 0.405. The van der Waals surface area contributed by atoms with Crippen molar-refractivity contribution in [3.63, 3.8) is 0 Å². The Bertz CT molecular complexity index is 423. The average Bonchev–Trinajstić information content (AvgIpc) is 2.49. The first-order valence-corrected chi connectivity index (χ1v) is 7.38. The zero-order valence-corrected chi connectivity index (χ0v) is 11.4. The molecule has 0 saturated carbocycles. The van der Waals surface area contributed by atoms with Crippen molar-refractivity contribution < 1.29 is 5.11 Å². The Hall–Kier alpha value is -1.42. The predicted molar refractivity (Wildman–Crippen MR) is 79.3 cm³/mol. The first-order valence-electron chi connectivity index (χ1n) is 7.38. The van der Waals surface area contributed by atoms with Crippen molar-refractivity contribution >= 4 is 11.4 Å². The molecular formula is C15H23N3O. The van der Waals surface area contributed by atoms with Gasteiger partial charge in [0.15, 0.2) is 0 Å². The van der Waals surface area contributed by atoms with Crippen molar-refractivity contribution in [2.75, 3.05) is 49.1 Å². The number of piperazine rings is 1. The minimum atomic E-state index is 0.405. The van der Waals surface area contributed by atoms with Crippen LogP contribution in [0.4, 0.5) is 11.4 Å². The molecule has 2 heterocycles. The highest BCUT2D eigenvalue weighted by Gasteiger charge is 2.17. The smallest absolute Gasteiger partial charge is 0.139 e. The molecule has 0 aliphatic carbocycles. The first-order chi connectivity index (χ1) is 9.34. The normalized spacial score (nSPS) is 20.6. The second kappa shape index (κ2) is 5.70. The highest BCUT2D eigenvalue weighted by molar-refractivity contribution is 5.66. The SMILES string of the molecule is Oc1ccc(N2CCCCC2)cc1N1CCNCC1. The van der Waals surface area contributed by atoms with Gasteiger partial charge in [-0.1, -0.05) is 0 Å². The molecule has 0 unspecified atom stereocenters. The summed E-state index contributed by atoms with van der Waals surface area (Å²) in [5, 5.41) is 13.5. The van der Waals surface area contributed by atoms with Crippen molar-refractivity contribution in [2.24, 2.45) is 0 Å². The van der Waals surface area contributed by atoms with Crippen molar-refractivity contribution in [1.82, 2.24) is 5.32 Å². The van der Waals surface area contributed by atoms with Crippen LogP contribution in [0, 0.1) is 0 Å². The number of phenols is 1. The second-order valence-corrected chi connectivity index (χ2v) is 5.46. The van der Waals surface area contributed by atoms with Crippen LogP contribution >= 0.6 is 0 Å². The molecule has 0 atom stereocenters. The molecule has 0 amide bonds. The monoisotopic (exact) mass is 261 g/mol. The fourth-order valence-electron chi connectivity index (χ4n) is 3.02. The molecule has 0 spiro atoms. The van der Waals surface area contributed by atoms with Gasteiger partial charge in [-0.15, -0.1) is 0 Å². The third kappa shape index (κ3) is 2.78. The van der Waals surface area contributed by atoms with E-state index in [0.29, 0.717) is 5.75 Å². The molecule has 3 rings (SSSR count). The van der Waals surface area contributed by atoms with E-state index < -0.39 is 0 Å². The molecule has 2 N–H and O–H groups in total. The molecule has 4 nitrogen and oxygen atoms in total. The molecule has 2 fully saturated rings. The van der Waals surface area contributed by atoms with Crippen molar-refractivity contribution in [2.45, 2.75) is 19.3 Å². The number of anilines is 2. The van der Waals surface area contributed by atoms with E-state index in [1.807, 2.05) is 12.1 Å². The maximum absolute atomic E-state index is 10.1. The Morgan fingerprint density at radius 3 is 2.37 bits per heavy atom. The Labute approximate surface area is 115 Å².